The van der Waals surface area contributed by atoms with Crippen molar-refractivity contribution in [1.29, 1.82) is 0 Å². The third-order valence-electron chi connectivity index (χ3n) is 5.55. The van der Waals surface area contributed by atoms with Gasteiger partial charge in [-0.1, -0.05) is 36.2 Å². The zero-order valence-corrected chi connectivity index (χ0v) is 17.7. The van der Waals surface area contributed by atoms with Crippen molar-refractivity contribution in [3.8, 4) is 22.4 Å². The molecule has 1 aromatic heterocycles. The highest BCUT2D eigenvalue weighted by molar-refractivity contribution is 6.11. The number of hydrogen-bond donors (Lipinski definition) is 2. The highest BCUT2D eigenvalue weighted by Crippen LogP contribution is 2.43. The molecule has 0 bridgehead atoms. The lowest BCUT2D eigenvalue weighted by atomic mass is 9.89. The maximum Gasteiger partial charge on any atom is 0.270 e. The predicted octanol–water partition coefficient (Wildman–Crippen LogP) is 5.69. The van der Waals surface area contributed by atoms with Crippen LogP contribution in [0.15, 0.2) is 54.6 Å². The van der Waals surface area contributed by atoms with E-state index in [4.69, 9.17) is 5.73 Å². The van der Waals surface area contributed by atoms with E-state index in [-0.39, 0.29) is 5.69 Å². The third kappa shape index (κ3) is 3.57. The maximum atomic E-state index is 12.4. The SMILES string of the molecule is CCc1cccc(C(N)=O)c1-c1c(-c2cc(C)cc(C)c2)[nH]c2ccc([N+](=O)[O-])cc12. The fourth-order valence-corrected chi connectivity index (χ4v) is 4.28. The van der Waals surface area contributed by atoms with E-state index in [1.165, 1.54) is 6.07 Å². The number of carbonyl (C=O) groups excluding carboxylic acids is 1. The van der Waals surface area contributed by atoms with E-state index in [2.05, 4.69) is 23.2 Å². The Morgan fingerprint density at radius 3 is 2.35 bits per heavy atom. The number of carbonyl (C=O) groups is 1. The van der Waals surface area contributed by atoms with Crippen LogP contribution in [-0.4, -0.2) is 15.8 Å². The van der Waals surface area contributed by atoms with E-state index in [1.807, 2.05) is 32.9 Å². The minimum absolute atomic E-state index is 0.00525. The number of nitrogens with two attached hydrogens (primary N) is 1. The van der Waals surface area contributed by atoms with Gasteiger partial charge >= 0.3 is 0 Å². The molecule has 31 heavy (non-hydrogen) atoms. The molecule has 0 aliphatic rings. The Balaban J connectivity index is 2.19. The van der Waals surface area contributed by atoms with E-state index in [1.54, 1.807) is 18.2 Å². The zero-order chi connectivity index (χ0) is 22.3. The molecule has 0 atom stereocenters. The van der Waals surface area contributed by atoms with Gasteiger partial charge in [0.05, 0.1) is 10.6 Å². The van der Waals surface area contributed by atoms with E-state index in [0.29, 0.717) is 17.4 Å². The second-order valence-electron chi connectivity index (χ2n) is 7.80. The highest BCUT2D eigenvalue weighted by atomic mass is 16.6. The molecule has 1 amide bonds. The van der Waals surface area contributed by atoms with Crippen LogP contribution in [0.5, 0.6) is 0 Å². The van der Waals surface area contributed by atoms with E-state index < -0.39 is 10.8 Å². The Morgan fingerprint density at radius 2 is 1.74 bits per heavy atom. The van der Waals surface area contributed by atoms with Crippen molar-refractivity contribution in [3.05, 3.63) is 87.0 Å². The Morgan fingerprint density at radius 1 is 1.03 bits per heavy atom. The first kappa shape index (κ1) is 20.3. The first-order valence-electron chi connectivity index (χ1n) is 10.1. The van der Waals surface area contributed by atoms with Crippen LogP contribution in [0.3, 0.4) is 0 Å². The molecule has 0 aliphatic carbocycles. The number of nitro groups is 1. The fourth-order valence-electron chi connectivity index (χ4n) is 4.28. The number of non-ortho nitro benzene ring substituents is 1. The van der Waals surface area contributed by atoms with Crippen LogP contribution in [0.25, 0.3) is 33.3 Å². The van der Waals surface area contributed by atoms with Crippen LogP contribution in [0.1, 0.15) is 34.0 Å². The normalized spacial score (nSPS) is 11.1. The number of nitrogens with zero attached hydrogens (tertiary/aromatic N) is 1. The number of benzene rings is 3. The first-order chi connectivity index (χ1) is 14.8. The second-order valence-corrected chi connectivity index (χ2v) is 7.80. The second kappa shape index (κ2) is 7.72. The van der Waals surface area contributed by atoms with E-state index >= 15 is 0 Å². The van der Waals surface area contributed by atoms with Crippen LogP contribution in [0.2, 0.25) is 0 Å². The number of amides is 1. The first-order valence-corrected chi connectivity index (χ1v) is 10.1. The van der Waals surface area contributed by atoms with E-state index in [0.717, 1.165) is 44.6 Å². The number of nitro benzene ring substituents is 1. The average Bonchev–Trinajstić information content (AvgIpc) is 3.10. The maximum absolute atomic E-state index is 12.4. The lowest BCUT2D eigenvalue weighted by Crippen LogP contribution is -2.13. The van der Waals surface area contributed by atoms with Gasteiger partial charge in [0, 0.05) is 39.7 Å². The lowest BCUT2D eigenvalue weighted by Gasteiger charge is -2.15. The number of aromatic nitrogens is 1. The number of rotatable bonds is 5. The molecule has 4 rings (SSSR count). The summed E-state index contributed by atoms with van der Waals surface area (Å²) in [5.74, 6) is -0.531. The molecule has 3 N–H and O–H groups in total. The van der Waals surface area contributed by atoms with Gasteiger partial charge in [0.1, 0.15) is 0 Å². The van der Waals surface area contributed by atoms with Gasteiger partial charge in [0.25, 0.3) is 5.69 Å². The monoisotopic (exact) mass is 413 g/mol. The number of H-pyrrole nitrogens is 1. The van der Waals surface area contributed by atoms with Gasteiger partial charge in [-0.25, -0.2) is 0 Å². The molecule has 0 fully saturated rings. The van der Waals surface area contributed by atoms with Gasteiger partial charge in [-0.2, -0.15) is 0 Å². The quantitative estimate of drug-likeness (QED) is 0.324. The molecule has 0 radical (unpaired) electrons. The summed E-state index contributed by atoms with van der Waals surface area (Å²) >= 11 is 0. The standard InChI is InChI=1S/C25H23N3O3/c1-4-16-6-5-7-19(25(26)29)22(16)23-20-13-18(28(30)31)8-9-21(20)27-24(23)17-11-14(2)10-15(3)12-17/h5-13,27H,4H2,1-3H3,(H2,26,29). The Labute approximate surface area is 179 Å². The number of fused-ring (bicyclic) bond motifs is 1. The predicted molar refractivity (Wildman–Crippen MR) is 123 cm³/mol. The summed E-state index contributed by atoms with van der Waals surface area (Å²) in [6, 6.07) is 16.5. The Hall–Kier alpha value is -3.93. The van der Waals surface area contributed by atoms with Crippen LogP contribution >= 0.6 is 0 Å². The van der Waals surface area contributed by atoms with Crippen molar-refractivity contribution in [1.82, 2.24) is 4.98 Å². The minimum Gasteiger partial charge on any atom is -0.366 e. The van der Waals surface area contributed by atoms with Crippen molar-refractivity contribution in [2.75, 3.05) is 0 Å². The Kier molecular flexibility index (Phi) is 5.07. The van der Waals surface area contributed by atoms with Crippen LogP contribution < -0.4 is 5.73 Å². The lowest BCUT2D eigenvalue weighted by molar-refractivity contribution is -0.384. The smallest absolute Gasteiger partial charge is 0.270 e. The molecule has 0 spiro atoms. The Bertz CT molecular complexity index is 1330. The van der Waals surface area contributed by atoms with Gasteiger partial charge in [-0.05, 0) is 55.7 Å². The van der Waals surface area contributed by atoms with Crippen molar-refractivity contribution in [3.63, 3.8) is 0 Å². The summed E-state index contributed by atoms with van der Waals surface area (Å²) in [6.45, 7) is 6.06. The van der Waals surface area contributed by atoms with Gasteiger partial charge in [-0.15, -0.1) is 0 Å². The topological polar surface area (TPSA) is 102 Å². The molecule has 0 aliphatic heterocycles. The van der Waals surface area contributed by atoms with E-state index in [9.17, 15) is 14.9 Å². The number of nitrogens with one attached hydrogen (secondary N) is 1. The molecular weight excluding hydrogens is 390 g/mol. The zero-order valence-electron chi connectivity index (χ0n) is 17.7. The molecule has 6 nitrogen and oxygen atoms in total. The van der Waals surface area contributed by atoms with Crippen LogP contribution in [0, 0.1) is 24.0 Å². The molecule has 156 valence electrons. The summed E-state index contributed by atoms with van der Waals surface area (Å²) in [4.78, 5) is 26.9. The number of aryl methyl sites for hydroxylation is 3. The fraction of sp³-hybridized carbons (Fsp3) is 0.160. The summed E-state index contributed by atoms with van der Waals surface area (Å²) in [5, 5.41) is 12.2. The minimum atomic E-state index is -0.531. The van der Waals surface area contributed by atoms with Gasteiger partial charge in [-0.3, -0.25) is 14.9 Å². The number of primary amides is 1. The van der Waals surface area contributed by atoms with Gasteiger partial charge in [0.15, 0.2) is 0 Å². The molecule has 0 unspecified atom stereocenters. The van der Waals surface area contributed by atoms with Crippen LogP contribution in [0.4, 0.5) is 5.69 Å². The average molecular weight is 413 g/mol. The summed E-state index contributed by atoms with van der Waals surface area (Å²) < 4.78 is 0. The molecule has 0 saturated heterocycles. The largest absolute Gasteiger partial charge is 0.366 e. The molecular formula is C25H23N3O3. The van der Waals surface area contributed by atoms with Crippen molar-refractivity contribution in [2.24, 2.45) is 5.73 Å². The summed E-state index contributed by atoms with van der Waals surface area (Å²) in [6.07, 6.45) is 0.685. The molecule has 3 aromatic carbocycles. The van der Waals surface area contributed by atoms with Crippen molar-refractivity contribution >= 4 is 22.5 Å². The number of aromatic amines is 1. The summed E-state index contributed by atoms with van der Waals surface area (Å²) in [5.41, 5.74) is 13.3. The highest BCUT2D eigenvalue weighted by Gasteiger charge is 2.23. The van der Waals surface area contributed by atoms with Crippen molar-refractivity contribution in [2.45, 2.75) is 27.2 Å². The molecule has 6 heteroatoms. The molecule has 4 aromatic rings. The van der Waals surface area contributed by atoms with Crippen LogP contribution in [-0.2, 0) is 6.42 Å². The third-order valence-corrected chi connectivity index (χ3v) is 5.55. The molecule has 1 heterocycles. The summed E-state index contributed by atoms with van der Waals surface area (Å²) in [7, 11) is 0. The van der Waals surface area contributed by atoms with Gasteiger partial charge < -0.3 is 10.7 Å². The van der Waals surface area contributed by atoms with Crippen molar-refractivity contribution < 1.29 is 9.72 Å². The number of hydrogen-bond acceptors (Lipinski definition) is 3. The molecule has 0 saturated carbocycles. The van der Waals surface area contributed by atoms with Gasteiger partial charge in [0.2, 0.25) is 5.91 Å².